The molecule has 112 valence electrons. The van der Waals surface area contributed by atoms with Crippen molar-refractivity contribution in [1.29, 1.82) is 0 Å². The summed E-state index contributed by atoms with van der Waals surface area (Å²) in [6, 6.07) is 0. The molecule has 0 aromatic carbocycles. The Bertz CT molecular complexity index is 403. The van der Waals surface area contributed by atoms with Crippen LogP contribution in [0, 0.1) is 5.92 Å². The molecule has 0 bridgehead atoms. The lowest BCUT2D eigenvalue weighted by molar-refractivity contribution is 0.0183. The van der Waals surface area contributed by atoms with Crippen LogP contribution in [0.15, 0.2) is 0 Å². The number of carbonyl (C=O) groups is 1. The van der Waals surface area contributed by atoms with Crippen molar-refractivity contribution in [2.24, 2.45) is 5.92 Å². The fourth-order valence-electron chi connectivity index (χ4n) is 2.11. The van der Waals surface area contributed by atoms with Crippen LogP contribution in [0.4, 0.5) is 4.79 Å². The van der Waals surface area contributed by atoms with Gasteiger partial charge in [0.2, 0.25) is 0 Å². The van der Waals surface area contributed by atoms with E-state index in [4.69, 9.17) is 4.74 Å². The van der Waals surface area contributed by atoms with Crippen LogP contribution in [0.2, 0.25) is 0 Å². The van der Waals surface area contributed by atoms with E-state index in [1.54, 1.807) is 4.90 Å². The summed E-state index contributed by atoms with van der Waals surface area (Å²) in [5.74, 6) is 0.637. The van der Waals surface area contributed by atoms with Crippen molar-refractivity contribution in [3.05, 3.63) is 0 Å². The van der Waals surface area contributed by atoms with Gasteiger partial charge in [-0.25, -0.2) is 13.2 Å². The number of carbonyl (C=O) groups excluding carboxylic acids is 1. The van der Waals surface area contributed by atoms with E-state index in [9.17, 15) is 13.2 Å². The minimum atomic E-state index is -2.88. The quantitative estimate of drug-likeness (QED) is 0.798. The van der Waals surface area contributed by atoms with Crippen molar-refractivity contribution >= 4 is 15.9 Å². The molecule has 0 aromatic heterocycles. The molecular weight excluding hydrogens is 266 g/mol. The lowest BCUT2D eigenvalue weighted by atomic mass is 9.95. The average Bonchev–Trinajstić information content (AvgIpc) is 2.23. The normalized spacial score (nSPS) is 18.4. The van der Waals surface area contributed by atoms with Gasteiger partial charge in [-0.1, -0.05) is 0 Å². The molecule has 0 spiro atoms. The number of hydrogen-bond acceptors (Lipinski definition) is 4. The third-order valence-electron chi connectivity index (χ3n) is 3.16. The summed E-state index contributed by atoms with van der Waals surface area (Å²) in [5, 5.41) is 0. The first kappa shape index (κ1) is 16.3. The first-order valence-corrected chi connectivity index (χ1v) is 8.78. The minimum Gasteiger partial charge on any atom is -0.444 e. The molecule has 0 radical (unpaired) electrons. The molecule has 0 saturated carbocycles. The van der Waals surface area contributed by atoms with Crippen molar-refractivity contribution in [2.45, 2.75) is 45.6 Å². The Morgan fingerprint density at radius 2 is 1.79 bits per heavy atom. The summed E-state index contributed by atoms with van der Waals surface area (Å²) < 4.78 is 27.6. The Morgan fingerprint density at radius 1 is 1.26 bits per heavy atom. The van der Waals surface area contributed by atoms with Crippen molar-refractivity contribution in [3.8, 4) is 0 Å². The Morgan fingerprint density at radius 3 is 2.21 bits per heavy atom. The number of rotatable bonds is 3. The highest BCUT2D eigenvalue weighted by Crippen LogP contribution is 2.22. The Balaban J connectivity index is 2.35. The van der Waals surface area contributed by atoms with Gasteiger partial charge in [0.25, 0.3) is 0 Å². The molecule has 1 amide bonds. The summed E-state index contributed by atoms with van der Waals surface area (Å²) in [7, 11) is -2.88. The summed E-state index contributed by atoms with van der Waals surface area (Å²) >= 11 is 0. The molecule has 1 aliphatic heterocycles. The maximum atomic E-state index is 11.8. The third kappa shape index (κ3) is 6.80. The van der Waals surface area contributed by atoms with E-state index in [2.05, 4.69) is 0 Å². The summed E-state index contributed by atoms with van der Waals surface area (Å²) in [4.78, 5) is 13.6. The van der Waals surface area contributed by atoms with Crippen molar-refractivity contribution < 1.29 is 17.9 Å². The minimum absolute atomic E-state index is 0.240. The molecule has 0 aliphatic carbocycles. The predicted octanol–water partition coefficient (Wildman–Crippen LogP) is 2.07. The summed E-state index contributed by atoms with van der Waals surface area (Å²) in [6.45, 7) is 6.87. The van der Waals surface area contributed by atoms with E-state index < -0.39 is 15.4 Å². The highest BCUT2D eigenvalue weighted by Gasteiger charge is 2.27. The number of sulfone groups is 1. The van der Waals surface area contributed by atoms with Crippen LogP contribution in [0.25, 0.3) is 0 Å². The molecule has 0 aromatic rings. The zero-order chi connectivity index (χ0) is 14.7. The topological polar surface area (TPSA) is 63.7 Å². The highest BCUT2D eigenvalue weighted by molar-refractivity contribution is 7.90. The molecule has 1 heterocycles. The monoisotopic (exact) mass is 291 g/mol. The van der Waals surface area contributed by atoms with Gasteiger partial charge >= 0.3 is 6.09 Å². The summed E-state index contributed by atoms with van der Waals surface area (Å²) in [5.41, 5.74) is -0.468. The number of nitrogens with zero attached hydrogens (tertiary/aromatic N) is 1. The van der Waals surface area contributed by atoms with Gasteiger partial charge in [-0.05, 0) is 46.0 Å². The standard InChI is InChI=1S/C13H25NO4S/c1-13(2,3)18-12(15)14-8-5-11(6-9-14)7-10-19(4,16)17/h11H,5-10H2,1-4H3. The molecule has 1 fully saturated rings. The molecule has 0 N–H and O–H groups in total. The molecule has 0 unspecified atom stereocenters. The van der Waals surface area contributed by atoms with E-state index in [0.717, 1.165) is 12.8 Å². The number of ether oxygens (including phenoxy) is 1. The Kier molecular flexibility index (Phi) is 5.24. The van der Waals surface area contributed by atoms with Gasteiger partial charge < -0.3 is 9.64 Å². The van der Waals surface area contributed by atoms with Crippen molar-refractivity contribution in [3.63, 3.8) is 0 Å². The smallest absolute Gasteiger partial charge is 0.410 e. The molecule has 6 heteroatoms. The molecule has 1 saturated heterocycles. The van der Waals surface area contributed by atoms with Crippen LogP contribution in [0.3, 0.4) is 0 Å². The van der Waals surface area contributed by atoms with Crippen LogP contribution in [0.1, 0.15) is 40.0 Å². The molecule has 5 nitrogen and oxygen atoms in total. The van der Waals surface area contributed by atoms with Gasteiger partial charge in [0, 0.05) is 19.3 Å². The van der Waals surface area contributed by atoms with Crippen LogP contribution in [-0.4, -0.2) is 50.1 Å². The van der Waals surface area contributed by atoms with Crippen molar-refractivity contribution in [2.75, 3.05) is 25.1 Å². The fourth-order valence-corrected chi connectivity index (χ4v) is 2.87. The molecule has 1 aliphatic rings. The lowest BCUT2D eigenvalue weighted by Crippen LogP contribution is -2.41. The van der Waals surface area contributed by atoms with E-state index >= 15 is 0 Å². The van der Waals surface area contributed by atoms with Crippen LogP contribution in [0.5, 0.6) is 0 Å². The number of piperidine rings is 1. The van der Waals surface area contributed by atoms with Gasteiger partial charge in [0.05, 0.1) is 5.75 Å². The average molecular weight is 291 g/mol. The van der Waals surface area contributed by atoms with Gasteiger partial charge in [-0.3, -0.25) is 0 Å². The maximum absolute atomic E-state index is 11.8. The lowest BCUT2D eigenvalue weighted by Gasteiger charge is -2.33. The Hall–Kier alpha value is -0.780. The fraction of sp³-hybridized carbons (Fsp3) is 0.923. The largest absolute Gasteiger partial charge is 0.444 e. The molecule has 1 rings (SSSR count). The van der Waals surface area contributed by atoms with Gasteiger partial charge in [0.1, 0.15) is 15.4 Å². The maximum Gasteiger partial charge on any atom is 0.410 e. The van der Waals surface area contributed by atoms with Gasteiger partial charge in [0.15, 0.2) is 0 Å². The van der Waals surface area contributed by atoms with E-state index in [-0.39, 0.29) is 11.8 Å². The predicted molar refractivity (Wildman–Crippen MR) is 74.9 cm³/mol. The van der Waals surface area contributed by atoms with Crippen molar-refractivity contribution in [1.82, 2.24) is 4.90 Å². The van der Waals surface area contributed by atoms with Gasteiger partial charge in [-0.2, -0.15) is 0 Å². The van der Waals surface area contributed by atoms with Crippen LogP contribution >= 0.6 is 0 Å². The zero-order valence-corrected chi connectivity index (χ0v) is 13.1. The second-order valence-electron chi connectivity index (χ2n) is 6.33. The van der Waals surface area contributed by atoms with E-state index in [1.807, 2.05) is 20.8 Å². The number of hydrogen-bond donors (Lipinski definition) is 0. The first-order chi connectivity index (χ1) is 8.57. The molecule has 0 atom stereocenters. The van der Waals surface area contributed by atoms with E-state index in [0.29, 0.717) is 25.4 Å². The second kappa shape index (κ2) is 6.11. The van der Waals surface area contributed by atoms with Crippen LogP contribution in [-0.2, 0) is 14.6 Å². The highest BCUT2D eigenvalue weighted by atomic mass is 32.2. The van der Waals surface area contributed by atoms with Crippen LogP contribution < -0.4 is 0 Å². The SMILES string of the molecule is CC(C)(C)OC(=O)N1CCC(CCS(C)(=O)=O)CC1. The summed E-state index contributed by atoms with van der Waals surface area (Å²) in [6.07, 6.45) is 3.40. The van der Waals surface area contributed by atoms with Gasteiger partial charge in [-0.15, -0.1) is 0 Å². The number of amides is 1. The third-order valence-corrected chi connectivity index (χ3v) is 4.14. The second-order valence-corrected chi connectivity index (χ2v) is 8.59. The Labute approximate surface area is 116 Å². The first-order valence-electron chi connectivity index (χ1n) is 6.72. The van der Waals surface area contributed by atoms with E-state index in [1.165, 1.54) is 6.26 Å². The zero-order valence-electron chi connectivity index (χ0n) is 12.3. The molecule has 19 heavy (non-hydrogen) atoms. The molecular formula is C13H25NO4S. The number of likely N-dealkylation sites (tertiary alicyclic amines) is 1.